The molecule has 0 aliphatic carbocycles. The number of piperazine rings is 1. The number of aromatic nitrogens is 4. The van der Waals surface area contributed by atoms with Gasteiger partial charge in [0.15, 0.2) is 0 Å². The second kappa shape index (κ2) is 6.24. The summed E-state index contributed by atoms with van der Waals surface area (Å²) in [6.07, 6.45) is 5.40. The molecule has 0 saturated carbocycles. The molecule has 2 aromatic heterocycles. The molecule has 2 aromatic rings. The molecule has 0 aromatic carbocycles. The smallest absolute Gasteiger partial charge is 0.358 e. The summed E-state index contributed by atoms with van der Waals surface area (Å²) < 4.78 is 3.65. The van der Waals surface area contributed by atoms with Gasteiger partial charge < -0.3 is 20.0 Å². The van der Waals surface area contributed by atoms with Crippen LogP contribution in [-0.4, -0.2) is 55.3 Å². The van der Waals surface area contributed by atoms with Gasteiger partial charge in [0.1, 0.15) is 5.82 Å². The zero-order chi connectivity index (χ0) is 15.5. The molecule has 1 aliphatic heterocycles. The molecule has 1 unspecified atom stereocenters. The van der Waals surface area contributed by atoms with Crippen LogP contribution in [-0.2, 0) is 13.6 Å². The number of imidazole rings is 1. The highest BCUT2D eigenvalue weighted by Crippen LogP contribution is 2.20. The molecular formula is C13H19N7O2. The van der Waals surface area contributed by atoms with E-state index in [1.54, 1.807) is 17.1 Å². The average molecular weight is 305 g/mol. The Morgan fingerprint density at radius 2 is 2.32 bits per heavy atom. The van der Waals surface area contributed by atoms with Crippen LogP contribution in [0.2, 0.25) is 0 Å². The second-order valence-electron chi connectivity index (χ2n) is 5.35. The van der Waals surface area contributed by atoms with Crippen molar-refractivity contribution in [2.24, 2.45) is 7.05 Å². The molecule has 1 saturated heterocycles. The second-order valence-corrected chi connectivity index (χ2v) is 5.35. The third-order valence-electron chi connectivity index (χ3n) is 3.94. The van der Waals surface area contributed by atoms with Crippen molar-refractivity contribution < 1.29 is 4.92 Å². The standard InChI is InChI=1S/C13H19N7O2/c1-17-6-4-15-13(17)11-10-14-3-7-18(11)8-9-19-5-2-12(16-19)20(21)22/h2,4-6,11,14H,3,7-10H2,1H3. The van der Waals surface area contributed by atoms with E-state index in [4.69, 9.17) is 0 Å². The molecule has 22 heavy (non-hydrogen) atoms. The molecule has 1 N–H and O–H groups in total. The molecule has 3 heterocycles. The normalized spacial score (nSPS) is 19.4. The van der Waals surface area contributed by atoms with E-state index in [9.17, 15) is 10.1 Å². The van der Waals surface area contributed by atoms with Gasteiger partial charge in [-0.25, -0.2) is 4.98 Å². The fraction of sp³-hybridized carbons (Fsp3) is 0.538. The monoisotopic (exact) mass is 305 g/mol. The van der Waals surface area contributed by atoms with Gasteiger partial charge in [0.05, 0.1) is 29.9 Å². The zero-order valence-electron chi connectivity index (χ0n) is 12.4. The van der Waals surface area contributed by atoms with Crippen molar-refractivity contribution in [3.63, 3.8) is 0 Å². The molecule has 3 rings (SSSR count). The first-order valence-corrected chi connectivity index (χ1v) is 7.25. The van der Waals surface area contributed by atoms with Gasteiger partial charge in [-0.15, -0.1) is 0 Å². The van der Waals surface area contributed by atoms with E-state index in [1.165, 1.54) is 6.07 Å². The molecule has 9 heteroatoms. The number of hydrogen-bond acceptors (Lipinski definition) is 6. The van der Waals surface area contributed by atoms with Crippen molar-refractivity contribution >= 4 is 5.82 Å². The van der Waals surface area contributed by atoms with Crippen molar-refractivity contribution in [2.45, 2.75) is 12.6 Å². The van der Waals surface area contributed by atoms with Crippen LogP contribution >= 0.6 is 0 Å². The Hall–Kier alpha value is -2.26. The molecule has 0 radical (unpaired) electrons. The number of rotatable bonds is 5. The lowest BCUT2D eigenvalue weighted by molar-refractivity contribution is -0.389. The Labute approximate surface area is 127 Å². The maximum atomic E-state index is 10.7. The minimum atomic E-state index is -0.474. The van der Waals surface area contributed by atoms with Crippen LogP contribution in [0.15, 0.2) is 24.7 Å². The van der Waals surface area contributed by atoms with Gasteiger partial charge in [0.2, 0.25) is 0 Å². The van der Waals surface area contributed by atoms with E-state index in [0.717, 1.165) is 32.0 Å². The van der Waals surface area contributed by atoms with E-state index < -0.39 is 4.92 Å². The quantitative estimate of drug-likeness (QED) is 0.625. The Morgan fingerprint density at radius 3 is 3.00 bits per heavy atom. The topological polar surface area (TPSA) is 94.0 Å². The summed E-state index contributed by atoms with van der Waals surface area (Å²) in [5.41, 5.74) is 0. The lowest BCUT2D eigenvalue weighted by Gasteiger charge is -2.35. The first-order chi connectivity index (χ1) is 10.6. The van der Waals surface area contributed by atoms with E-state index in [0.29, 0.717) is 6.54 Å². The third kappa shape index (κ3) is 3.00. The fourth-order valence-corrected chi connectivity index (χ4v) is 2.77. The molecule has 1 fully saturated rings. The van der Waals surface area contributed by atoms with Crippen molar-refractivity contribution in [2.75, 3.05) is 26.2 Å². The van der Waals surface area contributed by atoms with E-state index in [1.807, 2.05) is 17.8 Å². The summed E-state index contributed by atoms with van der Waals surface area (Å²) in [7, 11) is 1.99. The van der Waals surface area contributed by atoms with Crippen LogP contribution in [0.3, 0.4) is 0 Å². The first-order valence-electron chi connectivity index (χ1n) is 7.25. The predicted octanol–water partition coefficient (Wildman–Crippen LogP) is 0.171. The van der Waals surface area contributed by atoms with Crippen molar-refractivity contribution in [3.8, 4) is 0 Å². The molecule has 0 bridgehead atoms. The minimum Gasteiger partial charge on any atom is -0.358 e. The van der Waals surface area contributed by atoms with Crippen molar-refractivity contribution in [3.05, 3.63) is 40.6 Å². The van der Waals surface area contributed by atoms with Crippen molar-refractivity contribution in [1.82, 2.24) is 29.5 Å². The van der Waals surface area contributed by atoms with Crippen LogP contribution in [0.5, 0.6) is 0 Å². The first kappa shape index (κ1) is 14.7. The fourth-order valence-electron chi connectivity index (χ4n) is 2.77. The molecule has 1 aliphatic rings. The molecule has 118 valence electrons. The van der Waals surface area contributed by atoms with Crippen LogP contribution < -0.4 is 5.32 Å². The highest BCUT2D eigenvalue weighted by atomic mass is 16.6. The maximum Gasteiger partial charge on any atom is 0.389 e. The van der Waals surface area contributed by atoms with Gasteiger partial charge in [-0.05, 0) is 4.92 Å². The molecule has 9 nitrogen and oxygen atoms in total. The summed E-state index contributed by atoms with van der Waals surface area (Å²) in [5, 5.41) is 18.0. The lowest BCUT2D eigenvalue weighted by atomic mass is 10.1. The SMILES string of the molecule is Cn1ccnc1C1CNCCN1CCn1ccc([N+](=O)[O-])n1. The number of nitrogens with zero attached hydrogens (tertiary/aromatic N) is 6. The summed E-state index contributed by atoms with van der Waals surface area (Å²) in [4.78, 5) is 17.0. The lowest BCUT2D eigenvalue weighted by Crippen LogP contribution is -2.47. The number of nitro groups is 1. The van der Waals surface area contributed by atoms with Gasteiger partial charge in [-0.2, -0.15) is 4.68 Å². The Balaban J connectivity index is 1.66. The minimum absolute atomic E-state index is 0.110. The van der Waals surface area contributed by atoms with E-state index in [-0.39, 0.29) is 11.9 Å². The van der Waals surface area contributed by atoms with E-state index >= 15 is 0 Å². The highest BCUT2D eigenvalue weighted by Gasteiger charge is 2.26. The molecule has 0 spiro atoms. The molecule has 1 atom stereocenters. The van der Waals surface area contributed by atoms with Crippen LogP contribution in [0.1, 0.15) is 11.9 Å². The molecule has 0 amide bonds. The van der Waals surface area contributed by atoms with E-state index in [2.05, 4.69) is 20.3 Å². The Morgan fingerprint density at radius 1 is 1.45 bits per heavy atom. The summed E-state index contributed by atoms with van der Waals surface area (Å²) >= 11 is 0. The summed E-state index contributed by atoms with van der Waals surface area (Å²) in [6, 6.07) is 1.63. The average Bonchev–Trinajstić information content (AvgIpc) is 3.14. The van der Waals surface area contributed by atoms with Gasteiger partial charge in [-0.1, -0.05) is 0 Å². The predicted molar refractivity (Wildman–Crippen MR) is 79.3 cm³/mol. The van der Waals surface area contributed by atoms with Crippen LogP contribution in [0.25, 0.3) is 0 Å². The number of aryl methyl sites for hydroxylation is 1. The molecular weight excluding hydrogens is 286 g/mol. The summed E-state index contributed by atoms with van der Waals surface area (Å²) in [6.45, 7) is 4.10. The van der Waals surface area contributed by atoms with Crippen LogP contribution in [0, 0.1) is 10.1 Å². The highest BCUT2D eigenvalue weighted by molar-refractivity contribution is 5.14. The number of hydrogen-bond donors (Lipinski definition) is 1. The summed E-state index contributed by atoms with van der Waals surface area (Å²) in [5.74, 6) is 0.916. The largest absolute Gasteiger partial charge is 0.389 e. The maximum absolute atomic E-state index is 10.7. The zero-order valence-corrected chi connectivity index (χ0v) is 12.4. The number of nitrogens with one attached hydrogen (secondary N) is 1. The Kier molecular flexibility index (Phi) is 4.16. The van der Waals surface area contributed by atoms with Gasteiger partial charge in [-0.3, -0.25) is 4.90 Å². The van der Waals surface area contributed by atoms with Gasteiger partial charge >= 0.3 is 5.82 Å². The van der Waals surface area contributed by atoms with Gasteiger partial charge in [0.25, 0.3) is 0 Å². The van der Waals surface area contributed by atoms with Crippen LogP contribution in [0.4, 0.5) is 5.82 Å². The van der Waals surface area contributed by atoms with Gasteiger partial charge in [0, 0.05) is 45.6 Å². The Bertz CT molecular complexity index is 650. The van der Waals surface area contributed by atoms with Crippen molar-refractivity contribution in [1.29, 1.82) is 0 Å². The third-order valence-corrected chi connectivity index (χ3v) is 3.94.